The molecule has 17 nitrogen and oxygen atoms in total. The molecular weight excluding hydrogens is 983 g/mol. The van der Waals surface area contributed by atoms with Crippen molar-refractivity contribution in [2.45, 2.75) is 89.0 Å². The fourth-order valence-corrected chi connectivity index (χ4v) is 10.2. The number of benzene rings is 3. The number of imide groups is 1. The lowest BCUT2D eigenvalue weighted by Gasteiger charge is -2.44. The Morgan fingerprint density at radius 3 is 2.04 bits per heavy atom. The van der Waals surface area contributed by atoms with Crippen LogP contribution < -0.4 is 9.64 Å². The number of hydrogen-bond donors (Lipinski definition) is 1. The van der Waals surface area contributed by atoms with Crippen LogP contribution in [0.15, 0.2) is 95.9 Å². The van der Waals surface area contributed by atoms with Gasteiger partial charge in [0.2, 0.25) is 5.69 Å². The molecule has 404 valence electrons. The molecule has 2 amide bonds. The topological polar surface area (TPSA) is 189 Å². The van der Waals surface area contributed by atoms with E-state index < -0.39 is 33.3 Å². The van der Waals surface area contributed by atoms with Crippen LogP contribution in [0.5, 0.6) is 5.75 Å². The van der Waals surface area contributed by atoms with E-state index in [1.165, 1.54) is 12.1 Å². The average molecular weight is 1060 g/mol. The maximum absolute atomic E-state index is 12.5. The number of carbonyl (C=O) groups is 3. The van der Waals surface area contributed by atoms with Crippen molar-refractivity contribution in [1.82, 2.24) is 5.06 Å². The third-order valence-electron chi connectivity index (χ3n) is 13.5. The molecule has 0 bridgehead atoms. The summed E-state index contributed by atoms with van der Waals surface area (Å²) in [5.74, 6) is -0.275. The number of carbonyl (C=O) groups excluding carboxylic acids is 3. The highest BCUT2D eigenvalue weighted by Gasteiger charge is 2.45. The standard InChI is InChI=1S/C57H71N3O14S/c1-41-40-56(2,3)59(24-25-68-28-29-70-32-33-72-35-34-71-31-30-69-27-26-67-6)49-39-51-46(38-45(41)49)43(36-50(73-51)42-14-9-7-10-15-42)16-13-17-52-57(4,5)47-37-44(75(64,65)66)19-20-48(47)58(52)23-12-8-11-18-55(63)74-60-53(61)21-22-54(60)62/h7,9-10,13-17,19-20,36-40H,8,11-12,18,21-35H2,1-6H3/p+1. The zero-order chi connectivity index (χ0) is 53.6. The number of allylic oxidation sites excluding steroid dienone is 6. The SMILES string of the molecule is COCCOCCOCCOCCOCCOCCN1c2cc3c(cc2C(C)=CC1(C)C)/C(=C/C=C/C1=[N+](CCCCCC(=O)ON2C(=O)CCC2=O)c2ccc(S(=O)(=O)O)cc2C1(C)C)C=C(c1ccccc1)O3. The lowest BCUT2D eigenvalue weighted by Crippen LogP contribution is -2.46. The van der Waals surface area contributed by atoms with Crippen LogP contribution in [0.1, 0.15) is 95.4 Å². The Labute approximate surface area is 441 Å². The lowest BCUT2D eigenvalue weighted by atomic mass is 9.81. The number of amides is 2. The summed E-state index contributed by atoms with van der Waals surface area (Å²) in [5.41, 5.74) is 7.50. The first-order valence-corrected chi connectivity index (χ1v) is 27.1. The molecular formula is C57H72N3O14S+. The Morgan fingerprint density at radius 1 is 0.787 bits per heavy atom. The van der Waals surface area contributed by atoms with Crippen LogP contribution in [0, 0.1) is 0 Å². The Hall–Kier alpha value is -5.83. The average Bonchev–Trinajstić information content (AvgIpc) is 3.80. The molecule has 0 aromatic heterocycles. The van der Waals surface area contributed by atoms with E-state index in [1.807, 2.05) is 62.4 Å². The molecule has 1 fully saturated rings. The number of fused-ring (bicyclic) bond motifs is 3. The highest BCUT2D eigenvalue weighted by molar-refractivity contribution is 7.85. The normalized spacial score (nSPS) is 17.3. The molecule has 3 aromatic carbocycles. The summed E-state index contributed by atoms with van der Waals surface area (Å²) >= 11 is 0. The number of methoxy groups -OCH3 is 1. The molecule has 0 aliphatic carbocycles. The number of anilines is 1. The highest BCUT2D eigenvalue weighted by Crippen LogP contribution is 2.47. The molecule has 1 N–H and O–H groups in total. The van der Waals surface area contributed by atoms with Crippen LogP contribution >= 0.6 is 0 Å². The van der Waals surface area contributed by atoms with Crippen molar-refractivity contribution in [3.63, 3.8) is 0 Å². The molecule has 0 unspecified atom stereocenters. The monoisotopic (exact) mass is 1050 g/mol. The van der Waals surface area contributed by atoms with Gasteiger partial charge in [0, 0.05) is 85.5 Å². The summed E-state index contributed by atoms with van der Waals surface area (Å²) < 4.78 is 76.9. The molecule has 7 rings (SSSR count). The van der Waals surface area contributed by atoms with E-state index in [2.05, 4.69) is 54.5 Å². The van der Waals surface area contributed by atoms with E-state index in [0.717, 1.165) is 50.5 Å². The Kier molecular flexibility index (Phi) is 19.9. The number of unbranched alkanes of at least 4 members (excludes halogenated alkanes) is 2. The van der Waals surface area contributed by atoms with E-state index in [9.17, 15) is 27.4 Å². The van der Waals surface area contributed by atoms with E-state index in [1.54, 1.807) is 13.2 Å². The fraction of sp³-hybridized carbons (Fsp3) is 0.474. The largest absolute Gasteiger partial charge is 0.456 e. The quantitative estimate of drug-likeness (QED) is 0.0302. The summed E-state index contributed by atoms with van der Waals surface area (Å²) in [7, 11) is -2.83. The van der Waals surface area contributed by atoms with Crippen LogP contribution in [-0.4, -0.2) is 145 Å². The minimum atomic E-state index is -4.47. The molecule has 1 saturated heterocycles. The van der Waals surface area contributed by atoms with Crippen LogP contribution in [0.25, 0.3) is 16.9 Å². The van der Waals surface area contributed by atoms with E-state index >= 15 is 0 Å². The number of hydroxylamine groups is 2. The predicted octanol–water partition coefficient (Wildman–Crippen LogP) is 8.28. The fourth-order valence-electron chi connectivity index (χ4n) is 9.67. The summed E-state index contributed by atoms with van der Waals surface area (Å²) in [6.07, 6.45) is 12.3. The summed E-state index contributed by atoms with van der Waals surface area (Å²) in [6, 6.07) is 19.0. The number of nitrogens with zero attached hydrogens (tertiary/aromatic N) is 3. The first kappa shape index (κ1) is 56.9. The van der Waals surface area contributed by atoms with Crippen molar-refractivity contribution in [3.05, 3.63) is 113 Å². The number of hydrogen-bond acceptors (Lipinski definition) is 14. The second kappa shape index (κ2) is 26.3. The maximum Gasteiger partial charge on any atom is 0.333 e. The van der Waals surface area contributed by atoms with E-state index in [4.69, 9.17) is 38.0 Å². The van der Waals surface area contributed by atoms with Gasteiger partial charge in [-0.1, -0.05) is 48.6 Å². The van der Waals surface area contributed by atoms with Crippen molar-refractivity contribution in [2.24, 2.45) is 0 Å². The third-order valence-corrected chi connectivity index (χ3v) is 14.3. The van der Waals surface area contributed by atoms with Crippen molar-refractivity contribution < 1.29 is 69.9 Å². The van der Waals surface area contributed by atoms with Gasteiger partial charge in [-0.15, -0.1) is 5.06 Å². The molecule has 0 radical (unpaired) electrons. The first-order valence-electron chi connectivity index (χ1n) is 25.7. The van der Waals surface area contributed by atoms with Crippen molar-refractivity contribution in [3.8, 4) is 5.75 Å². The Bertz CT molecular complexity index is 2780. The molecule has 0 atom stereocenters. The lowest BCUT2D eigenvalue weighted by molar-refractivity contribution is -0.438. The summed E-state index contributed by atoms with van der Waals surface area (Å²) in [6.45, 7) is 17.2. The minimum Gasteiger partial charge on any atom is -0.456 e. The number of rotatable bonds is 29. The minimum absolute atomic E-state index is 0.0278. The zero-order valence-corrected chi connectivity index (χ0v) is 44.9. The van der Waals surface area contributed by atoms with Crippen LogP contribution in [0.2, 0.25) is 0 Å². The van der Waals surface area contributed by atoms with Gasteiger partial charge in [-0.25, -0.2) is 4.79 Å². The molecule has 3 aromatic rings. The second-order valence-electron chi connectivity index (χ2n) is 19.7. The third kappa shape index (κ3) is 14.8. The maximum atomic E-state index is 12.5. The summed E-state index contributed by atoms with van der Waals surface area (Å²) in [4.78, 5) is 43.6. The molecule has 4 heterocycles. The van der Waals surface area contributed by atoms with Gasteiger partial charge in [-0.05, 0) is 82.9 Å². The van der Waals surface area contributed by atoms with Gasteiger partial charge in [0.25, 0.3) is 21.9 Å². The van der Waals surface area contributed by atoms with Gasteiger partial charge in [-0.2, -0.15) is 13.0 Å². The van der Waals surface area contributed by atoms with Gasteiger partial charge in [-0.3, -0.25) is 14.1 Å². The molecule has 75 heavy (non-hydrogen) atoms. The molecule has 18 heteroatoms. The van der Waals surface area contributed by atoms with Crippen molar-refractivity contribution in [1.29, 1.82) is 0 Å². The van der Waals surface area contributed by atoms with Crippen LogP contribution in [-0.2, 0) is 63.2 Å². The first-order chi connectivity index (χ1) is 36.0. The van der Waals surface area contributed by atoms with Gasteiger partial charge < -0.3 is 42.9 Å². The van der Waals surface area contributed by atoms with Gasteiger partial charge in [0.15, 0.2) is 5.71 Å². The predicted molar refractivity (Wildman–Crippen MR) is 284 cm³/mol. The van der Waals surface area contributed by atoms with Crippen molar-refractivity contribution >= 4 is 61.9 Å². The Balaban J connectivity index is 1.05. The van der Waals surface area contributed by atoms with Gasteiger partial charge in [0.1, 0.15) is 18.1 Å². The van der Waals surface area contributed by atoms with Crippen molar-refractivity contribution in [2.75, 3.05) is 97.8 Å². The highest BCUT2D eigenvalue weighted by atomic mass is 32.2. The number of ether oxygens (including phenoxy) is 7. The second-order valence-corrected chi connectivity index (χ2v) is 21.1. The van der Waals surface area contributed by atoms with Gasteiger partial charge in [0.05, 0.1) is 88.5 Å². The molecule has 4 aliphatic rings. The molecule has 0 spiro atoms. The van der Waals surface area contributed by atoms with E-state index in [0.29, 0.717) is 122 Å². The Morgan fingerprint density at radius 2 is 1.41 bits per heavy atom. The molecule has 4 aliphatic heterocycles. The smallest absolute Gasteiger partial charge is 0.333 e. The van der Waals surface area contributed by atoms with Crippen LogP contribution in [0.4, 0.5) is 11.4 Å². The van der Waals surface area contributed by atoms with Crippen LogP contribution in [0.3, 0.4) is 0 Å². The van der Waals surface area contributed by atoms with Gasteiger partial charge >= 0.3 is 5.97 Å². The van der Waals surface area contributed by atoms with E-state index in [-0.39, 0.29) is 29.7 Å². The zero-order valence-electron chi connectivity index (χ0n) is 44.1. The molecule has 0 saturated carbocycles. The summed E-state index contributed by atoms with van der Waals surface area (Å²) in [5, 5.41) is 0.564.